The molecule has 0 saturated heterocycles. The van der Waals surface area contributed by atoms with E-state index in [-0.39, 0.29) is 0 Å². The Morgan fingerprint density at radius 1 is 1.40 bits per heavy atom. The van der Waals surface area contributed by atoms with E-state index in [9.17, 15) is 0 Å². The molecule has 2 aromatic heterocycles. The molecule has 0 saturated carbocycles. The Bertz CT molecular complexity index is 449. The summed E-state index contributed by atoms with van der Waals surface area (Å²) in [5, 5.41) is 4.19. The zero-order valence-corrected chi connectivity index (χ0v) is 8.59. The molecule has 0 aliphatic rings. The van der Waals surface area contributed by atoms with Crippen LogP contribution in [0.4, 0.5) is 0 Å². The number of hydrogen-bond donors (Lipinski definition) is 1. The van der Waals surface area contributed by atoms with Crippen LogP contribution in [-0.4, -0.2) is 19.7 Å². The molecule has 2 N–H and O–H groups in total. The summed E-state index contributed by atoms with van der Waals surface area (Å²) >= 11 is 0. The molecule has 0 aromatic carbocycles. The first-order valence-corrected chi connectivity index (χ1v) is 4.79. The molecule has 0 fully saturated rings. The second kappa shape index (κ2) is 4.18. The highest BCUT2D eigenvalue weighted by Gasteiger charge is 2.00. The Morgan fingerprint density at radius 2 is 2.27 bits per heavy atom. The van der Waals surface area contributed by atoms with Gasteiger partial charge in [-0.3, -0.25) is 4.98 Å². The quantitative estimate of drug-likeness (QED) is 0.788. The molecule has 0 unspecified atom stereocenters. The van der Waals surface area contributed by atoms with Crippen molar-refractivity contribution in [3.63, 3.8) is 0 Å². The van der Waals surface area contributed by atoms with Gasteiger partial charge in [-0.2, -0.15) is 5.10 Å². The first-order chi connectivity index (χ1) is 7.28. The van der Waals surface area contributed by atoms with Crippen LogP contribution < -0.4 is 5.73 Å². The van der Waals surface area contributed by atoms with Gasteiger partial charge >= 0.3 is 0 Å². The lowest BCUT2D eigenvalue weighted by Crippen LogP contribution is -2.05. The van der Waals surface area contributed by atoms with Crippen molar-refractivity contribution in [2.24, 2.45) is 5.73 Å². The van der Waals surface area contributed by atoms with Crippen LogP contribution in [0.5, 0.6) is 0 Å². The lowest BCUT2D eigenvalue weighted by atomic mass is 10.3. The molecule has 0 aliphatic heterocycles. The lowest BCUT2D eigenvalue weighted by Gasteiger charge is -2.00. The van der Waals surface area contributed by atoms with Crippen LogP contribution in [0.15, 0.2) is 24.5 Å². The molecule has 5 heteroatoms. The van der Waals surface area contributed by atoms with Gasteiger partial charge in [-0.25, -0.2) is 9.67 Å². The maximum Gasteiger partial charge on any atom is 0.164 e. The number of hydrogen-bond acceptors (Lipinski definition) is 4. The monoisotopic (exact) mass is 203 g/mol. The van der Waals surface area contributed by atoms with E-state index in [4.69, 9.17) is 5.73 Å². The number of aromatic nitrogens is 4. The van der Waals surface area contributed by atoms with Crippen LogP contribution in [0.1, 0.15) is 17.2 Å². The number of nitrogens with two attached hydrogens (primary N) is 1. The van der Waals surface area contributed by atoms with Crippen molar-refractivity contribution < 1.29 is 0 Å². The SMILES string of the molecule is Cc1cccc(Cn2cnc(CN)n2)n1. The van der Waals surface area contributed by atoms with Crippen LogP contribution in [0.25, 0.3) is 0 Å². The summed E-state index contributed by atoms with van der Waals surface area (Å²) in [5.41, 5.74) is 7.41. The highest BCUT2D eigenvalue weighted by Crippen LogP contribution is 2.00. The Labute approximate surface area is 88.0 Å². The summed E-state index contributed by atoms with van der Waals surface area (Å²) in [7, 11) is 0. The molecule has 2 rings (SSSR count). The van der Waals surface area contributed by atoms with Gasteiger partial charge in [-0.05, 0) is 19.1 Å². The van der Waals surface area contributed by atoms with Gasteiger partial charge in [0.1, 0.15) is 6.33 Å². The molecule has 0 amide bonds. The van der Waals surface area contributed by atoms with Gasteiger partial charge in [0.05, 0.1) is 18.8 Å². The standard InChI is InChI=1S/C10H13N5/c1-8-3-2-4-9(13-8)6-15-7-12-10(5-11)14-15/h2-4,7H,5-6,11H2,1H3. The summed E-state index contributed by atoms with van der Waals surface area (Å²) in [6.07, 6.45) is 1.67. The average Bonchev–Trinajstić information content (AvgIpc) is 2.65. The predicted octanol–water partition coefficient (Wildman–Crippen LogP) is 0.489. The lowest BCUT2D eigenvalue weighted by molar-refractivity contribution is 0.658. The van der Waals surface area contributed by atoms with E-state index in [0.717, 1.165) is 11.4 Å². The van der Waals surface area contributed by atoms with Crippen molar-refractivity contribution in [2.75, 3.05) is 0 Å². The number of nitrogens with zero attached hydrogens (tertiary/aromatic N) is 4. The van der Waals surface area contributed by atoms with Crippen LogP contribution in [0.3, 0.4) is 0 Å². The zero-order chi connectivity index (χ0) is 10.7. The minimum Gasteiger partial charge on any atom is -0.324 e. The maximum absolute atomic E-state index is 5.43. The first-order valence-electron chi connectivity index (χ1n) is 4.79. The molecule has 15 heavy (non-hydrogen) atoms. The fraction of sp³-hybridized carbons (Fsp3) is 0.300. The van der Waals surface area contributed by atoms with Crippen molar-refractivity contribution in [1.29, 1.82) is 0 Å². The summed E-state index contributed by atoms with van der Waals surface area (Å²) in [6.45, 7) is 2.97. The van der Waals surface area contributed by atoms with E-state index in [1.165, 1.54) is 0 Å². The van der Waals surface area contributed by atoms with Crippen molar-refractivity contribution in [3.8, 4) is 0 Å². The van der Waals surface area contributed by atoms with E-state index in [2.05, 4.69) is 15.1 Å². The number of aryl methyl sites for hydroxylation is 1. The molecule has 0 radical (unpaired) electrons. The highest BCUT2D eigenvalue weighted by atomic mass is 15.3. The molecular weight excluding hydrogens is 190 g/mol. The largest absolute Gasteiger partial charge is 0.324 e. The Hall–Kier alpha value is -1.75. The molecular formula is C10H13N5. The number of rotatable bonds is 3. The van der Waals surface area contributed by atoms with Crippen LogP contribution in [0, 0.1) is 6.92 Å². The van der Waals surface area contributed by atoms with Gasteiger partial charge in [0.15, 0.2) is 5.82 Å². The zero-order valence-electron chi connectivity index (χ0n) is 8.59. The molecule has 0 bridgehead atoms. The molecule has 0 spiro atoms. The van der Waals surface area contributed by atoms with Crippen LogP contribution in [-0.2, 0) is 13.1 Å². The van der Waals surface area contributed by atoms with E-state index in [1.54, 1.807) is 11.0 Å². The smallest absolute Gasteiger partial charge is 0.164 e. The third-order valence-electron chi connectivity index (χ3n) is 2.04. The van der Waals surface area contributed by atoms with Gasteiger partial charge in [-0.15, -0.1) is 0 Å². The average molecular weight is 203 g/mol. The van der Waals surface area contributed by atoms with Gasteiger partial charge in [-0.1, -0.05) is 6.07 Å². The Morgan fingerprint density at radius 3 is 2.93 bits per heavy atom. The van der Waals surface area contributed by atoms with Crippen molar-refractivity contribution in [3.05, 3.63) is 41.7 Å². The topological polar surface area (TPSA) is 69.6 Å². The van der Waals surface area contributed by atoms with Crippen molar-refractivity contribution in [1.82, 2.24) is 19.7 Å². The van der Waals surface area contributed by atoms with Gasteiger partial charge in [0, 0.05) is 5.69 Å². The summed E-state index contributed by atoms with van der Waals surface area (Å²) < 4.78 is 1.74. The third-order valence-corrected chi connectivity index (χ3v) is 2.04. The van der Waals surface area contributed by atoms with Gasteiger partial charge in [0.25, 0.3) is 0 Å². The second-order valence-electron chi connectivity index (χ2n) is 3.33. The van der Waals surface area contributed by atoms with E-state index in [0.29, 0.717) is 18.9 Å². The van der Waals surface area contributed by atoms with E-state index >= 15 is 0 Å². The summed E-state index contributed by atoms with van der Waals surface area (Å²) in [5.74, 6) is 0.655. The Kier molecular flexibility index (Phi) is 2.73. The minimum absolute atomic E-state index is 0.369. The minimum atomic E-state index is 0.369. The fourth-order valence-corrected chi connectivity index (χ4v) is 1.36. The van der Waals surface area contributed by atoms with Crippen molar-refractivity contribution >= 4 is 0 Å². The molecule has 78 valence electrons. The first kappa shape index (κ1) is 9.79. The van der Waals surface area contributed by atoms with Crippen LogP contribution in [0.2, 0.25) is 0 Å². The maximum atomic E-state index is 5.43. The van der Waals surface area contributed by atoms with Crippen LogP contribution >= 0.6 is 0 Å². The fourth-order valence-electron chi connectivity index (χ4n) is 1.36. The molecule has 2 heterocycles. The molecule has 2 aromatic rings. The highest BCUT2D eigenvalue weighted by molar-refractivity contribution is 5.09. The summed E-state index contributed by atoms with van der Waals surface area (Å²) in [6, 6.07) is 5.92. The normalized spacial score (nSPS) is 10.5. The predicted molar refractivity (Wildman–Crippen MR) is 56.0 cm³/mol. The van der Waals surface area contributed by atoms with Gasteiger partial charge < -0.3 is 5.73 Å². The van der Waals surface area contributed by atoms with Gasteiger partial charge in [0.2, 0.25) is 0 Å². The molecule has 0 atom stereocenters. The van der Waals surface area contributed by atoms with E-state index in [1.807, 2.05) is 25.1 Å². The Balaban J connectivity index is 2.14. The van der Waals surface area contributed by atoms with Crippen molar-refractivity contribution in [2.45, 2.75) is 20.0 Å². The molecule has 0 aliphatic carbocycles. The number of pyridine rings is 1. The second-order valence-corrected chi connectivity index (χ2v) is 3.33. The third kappa shape index (κ3) is 2.38. The van der Waals surface area contributed by atoms with E-state index < -0.39 is 0 Å². The summed E-state index contributed by atoms with van der Waals surface area (Å²) in [4.78, 5) is 8.44. The molecule has 5 nitrogen and oxygen atoms in total.